The van der Waals surface area contributed by atoms with Crippen molar-refractivity contribution in [3.63, 3.8) is 0 Å². The third-order valence-corrected chi connectivity index (χ3v) is 3.35. The van der Waals surface area contributed by atoms with E-state index in [0.29, 0.717) is 5.69 Å². The van der Waals surface area contributed by atoms with Gasteiger partial charge >= 0.3 is 0 Å². The molecule has 2 heterocycles. The molecular weight excluding hydrogens is 324 g/mol. The van der Waals surface area contributed by atoms with E-state index in [4.69, 9.17) is 4.74 Å². The number of nitrogens with one attached hydrogen (secondary N) is 3. The van der Waals surface area contributed by atoms with Gasteiger partial charge in [-0.1, -0.05) is 0 Å². The summed E-state index contributed by atoms with van der Waals surface area (Å²) in [7, 11) is 1.59. The minimum atomic E-state index is -0.436. The van der Waals surface area contributed by atoms with Crippen LogP contribution in [0.4, 0.5) is 5.69 Å². The number of methoxy groups -OCH3 is 1. The molecule has 0 bridgehead atoms. The number of amides is 2. The molecule has 0 saturated carbocycles. The maximum Gasteiger partial charge on any atom is 0.272 e. The first kappa shape index (κ1) is 16.2. The third kappa shape index (κ3) is 4.02. The molecule has 2 amide bonds. The van der Waals surface area contributed by atoms with Crippen LogP contribution in [0.2, 0.25) is 0 Å². The van der Waals surface area contributed by atoms with Gasteiger partial charge in [0, 0.05) is 12.4 Å². The predicted octanol–water partition coefficient (Wildman–Crippen LogP) is 0.972. The van der Waals surface area contributed by atoms with Crippen molar-refractivity contribution in [2.45, 2.75) is 0 Å². The number of nitrogens with zero attached hydrogens (tertiary/aromatic N) is 3. The van der Waals surface area contributed by atoms with Crippen molar-refractivity contribution in [1.82, 2.24) is 25.3 Å². The Morgan fingerprint density at radius 3 is 2.72 bits per heavy atom. The van der Waals surface area contributed by atoms with E-state index in [1.165, 1.54) is 12.4 Å². The first-order valence-corrected chi connectivity index (χ1v) is 7.42. The Labute approximate surface area is 143 Å². The van der Waals surface area contributed by atoms with Gasteiger partial charge in [-0.05, 0) is 30.3 Å². The van der Waals surface area contributed by atoms with E-state index in [2.05, 4.69) is 25.9 Å². The normalized spacial score (nSPS) is 10.3. The molecule has 0 fully saturated rings. The number of anilines is 1. The number of carbonyl (C=O) groups is 2. The number of carbonyl (C=O) groups excluding carboxylic acids is 2. The fourth-order valence-electron chi connectivity index (χ4n) is 2.10. The second-order valence-corrected chi connectivity index (χ2v) is 5.06. The van der Waals surface area contributed by atoms with E-state index in [-0.39, 0.29) is 18.1 Å². The van der Waals surface area contributed by atoms with Crippen LogP contribution in [0.1, 0.15) is 10.5 Å². The number of aromatic amines is 1. The summed E-state index contributed by atoms with van der Waals surface area (Å²) < 4.78 is 6.67. The highest BCUT2D eigenvalue weighted by molar-refractivity contribution is 5.98. The van der Waals surface area contributed by atoms with Gasteiger partial charge < -0.3 is 15.4 Å². The summed E-state index contributed by atoms with van der Waals surface area (Å²) >= 11 is 0. The molecule has 0 atom stereocenters. The molecule has 0 radical (unpaired) electrons. The van der Waals surface area contributed by atoms with Gasteiger partial charge in [0.05, 0.1) is 31.2 Å². The van der Waals surface area contributed by atoms with Crippen LogP contribution < -0.4 is 15.4 Å². The van der Waals surface area contributed by atoms with Gasteiger partial charge in [0.1, 0.15) is 5.75 Å². The van der Waals surface area contributed by atoms with E-state index in [0.717, 1.165) is 11.4 Å². The molecule has 3 aromatic rings. The second kappa shape index (κ2) is 7.30. The number of aromatic nitrogens is 4. The number of hydrogen-bond acceptors (Lipinski definition) is 5. The van der Waals surface area contributed by atoms with Crippen LogP contribution in [-0.2, 0) is 4.79 Å². The lowest BCUT2D eigenvalue weighted by Crippen LogP contribution is -2.33. The van der Waals surface area contributed by atoms with Gasteiger partial charge in [-0.3, -0.25) is 14.7 Å². The average molecular weight is 340 g/mol. The second-order valence-electron chi connectivity index (χ2n) is 5.06. The zero-order valence-electron chi connectivity index (χ0n) is 13.4. The Kier molecular flexibility index (Phi) is 4.74. The molecule has 0 aliphatic rings. The minimum Gasteiger partial charge on any atom is -0.497 e. The smallest absolute Gasteiger partial charge is 0.272 e. The predicted molar refractivity (Wildman–Crippen MR) is 89.7 cm³/mol. The van der Waals surface area contributed by atoms with Crippen LogP contribution in [0.5, 0.6) is 5.75 Å². The number of hydrogen-bond donors (Lipinski definition) is 3. The van der Waals surface area contributed by atoms with Gasteiger partial charge in [-0.2, -0.15) is 10.2 Å². The lowest BCUT2D eigenvalue weighted by Gasteiger charge is -2.04. The van der Waals surface area contributed by atoms with E-state index in [1.807, 2.05) is 12.1 Å². The summed E-state index contributed by atoms with van der Waals surface area (Å²) in [4.78, 5) is 23.8. The zero-order chi connectivity index (χ0) is 17.6. The van der Waals surface area contributed by atoms with Crippen LogP contribution >= 0.6 is 0 Å². The van der Waals surface area contributed by atoms with Crippen molar-refractivity contribution in [2.24, 2.45) is 0 Å². The quantitative estimate of drug-likeness (QED) is 0.619. The van der Waals surface area contributed by atoms with Crippen LogP contribution in [0.25, 0.3) is 5.69 Å². The summed E-state index contributed by atoms with van der Waals surface area (Å²) in [6, 6.07) is 8.83. The summed E-state index contributed by atoms with van der Waals surface area (Å²) in [5, 5.41) is 15.6. The molecule has 0 aliphatic carbocycles. The van der Waals surface area contributed by atoms with E-state index >= 15 is 0 Å². The van der Waals surface area contributed by atoms with Crippen LogP contribution in [0.15, 0.2) is 48.9 Å². The van der Waals surface area contributed by atoms with Crippen molar-refractivity contribution in [3.05, 3.63) is 54.6 Å². The SMILES string of the molecule is COc1ccc(-n2ccc(C(=O)NCC(=O)Nc3cn[nH]c3)n2)cc1. The third-order valence-electron chi connectivity index (χ3n) is 3.35. The molecule has 0 spiro atoms. The Morgan fingerprint density at radius 1 is 1.24 bits per heavy atom. The Balaban J connectivity index is 1.57. The minimum absolute atomic E-state index is 0.167. The van der Waals surface area contributed by atoms with Gasteiger partial charge in [0.25, 0.3) is 5.91 Å². The molecule has 128 valence electrons. The van der Waals surface area contributed by atoms with E-state index in [1.54, 1.807) is 36.2 Å². The molecule has 9 nitrogen and oxygen atoms in total. The number of benzene rings is 1. The van der Waals surface area contributed by atoms with Crippen molar-refractivity contribution in [3.8, 4) is 11.4 Å². The first-order chi connectivity index (χ1) is 12.2. The lowest BCUT2D eigenvalue weighted by atomic mass is 10.3. The van der Waals surface area contributed by atoms with Gasteiger partial charge in [0.15, 0.2) is 5.69 Å². The summed E-state index contributed by atoms with van der Waals surface area (Å²) in [5.41, 5.74) is 1.53. The van der Waals surface area contributed by atoms with Crippen molar-refractivity contribution in [2.75, 3.05) is 19.0 Å². The van der Waals surface area contributed by atoms with Crippen molar-refractivity contribution in [1.29, 1.82) is 0 Å². The standard InChI is InChI=1S/C16H16N6O3/c1-25-13-4-2-12(3-5-13)22-7-6-14(21-22)16(24)17-10-15(23)20-11-8-18-19-9-11/h2-9H,10H2,1H3,(H,17,24)(H,18,19)(H,20,23). The fourth-order valence-corrected chi connectivity index (χ4v) is 2.10. The molecule has 0 aliphatic heterocycles. The molecule has 3 rings (SSSR count). The van der Waals surface area contributed by atoms with Gasteiger partial charge in [0.2, 0.25) is 5.91 Å². The monoisotopic (exact) mass is 340 g/mol. The average Bonchev–Trinajstić information content (AvgIpc) is 3.31. The molecule has 1 aromatic carbocycles. The Hall–Kier alpha value is -3.62. The molecule has 0 unspecified atom stereocenters. The first-order valence-electron chi connectivity index (χ1n) is 7.42. The Morgan fingerprint density at radius 2 is 2.04 bits per heavy atom. The lowest BCUT2D eigenvalue weighted by molar-refractivity contribution is -0.115. The van der Waals surface area contributed by atoms with Gasteiger partial charge in [-0.25, -0.2) is 4.68 Å². The molecule has 9 heteroatoms. The fraction of sp³-hybridized carbons (Fsp3) is 0.125. The molecule has 0 saturated heterocycles. The molecule has 3 N–H and O–H groups in total. The summed E-state index contributed by atoms with van der Waals surface area (Å²) in [6.45, 7) is -0.167. The van der Waals surface area contributed by atoms with Crippen molar-refractivity contribution >= 4 is 17.5 Å². The van der Waals surface area contributed by atoms with Crippen LogP contribution in [0, 0.1) is 0 Å². The summed E-state index contributed by atoms with van der Waals surface area (Å²) in [6.07, 6.45) is 4.68. The number of rotatable bonds is 6. The zero-order valence-corrected chi connectivity index (χ0v) is 13.4. The molecular formula is C16H16N6O3. The topological polar surface area (TPSA) is 114 Å². The molecule has 2 aromatic heterocycles. The number of ether oxygens (including phenoxy) is 1. The molecule has 25 heavy (non-hydrogen) atoms. The largest absolute Gasteiger partial charge is 0.497 e. The van der Waals surface area contributed by atoms with Crippen LogP contribution in [-0.4, -0.2) is 45.4 Å². The van der Waals surface area contributed by atoms with E-state index < -0.39 is 5.91 Å². The van der Waals surface area contributed by atoms with Crippen molar-refractivity contribution < 1.29 is 14.3 Å². The highest BCUT2D eigenvalue weighted by Gasteiger charge is 2.12. The Bertz CT molecular complexity index is 854. The van der Waals surface area contributed by atoms with Gasteiger partial charge in [-0.15, -0.1) is 0 Å². The highest BCUT2D eigenvalue weighted by Crippen LogP contribution is 2.14. The van der Waals surface area contributed by atoms with E-state index in [9.17, 15) is 9.59 Å². The van der Waals surface area contributed by atoms with Crippen LogP contribution in [0.3, 0.4) is 0 Å². The maximum absolute atomic E-state index is 12.1. The highest BCUT2D eigenvalue weighted by atomic mass is 16.5. The summed E-state index contributed by atoms with van der Waals surface area (Å²) in [5.74, 6) is -0.0588. The maximum atomic E-state index is 12.1. The number of H-pyrrole nitrogens is 1.